The van der Waals surface area contributed by atoms with Gasteiger partial charge in [-0.1, -0.05) is 78.9 Å². The van der Waals surface area contributed by atoms with Crippen molar-refractivity contribution >= 4 is 28.4 Å². The zero-order valence-corrected chi connectivity index (χ0v) is 16.2. The SMILES string of the molecule is O=C1C(=Cc2ccc(OCc3cccc4ccccc34)cc2)C(=O)c2ccccc21. The first-order valence-electron chi connectivity index (χ1n) is 9.80. The number of fused-ring (bicyclic) bond motifs is 2. The summed E-state index contributed by atoms with van der Waals surface area (Å²) in [6.45, 7) is 0.466. The summed E-state index contributed by atoms with van der Waals surface area (Å²) in [5, 5.41) is 2.37. The number of benzene rings is 4. The van der Waals surface area contributed by atoms with Crippen LogP contribution in [0.25, 0.3) is 16.8 Å². The molecule has 0 bridgehead atoms. The standard InChI is InChI=1S/C27H18O3/c28-26-23-10-3-4-11-24(23)27(29)25(26)16-18-12-14-21(15-13-18)30-17-20-8-5-7-19-6-1-2-9-22(19)20/h1-16H,17H2. The maximum atomic E-state index is 12.5. The number of carbonyl (C=O) groups excluding carboxylic acids is 2. The van der Waals surface area contributed by atoms with Crippen molar-refractivity contribution in [2.75, 3.05) is 0 Å². The van der Waals surface area contributed by atoms with Gasteiger partial charge in [0.05, 0.1) is 5.57 Å². The van der Waals surface area contributed by atoms with E-state index in [2.05, 4.69) is 24.3 Å². The van der Waals surface area contributed by atoms with E-state index in [0.29, 0.717) is 17.7 Å². The summed E-state index contributed by atoms with van der Waals surface area (Å²) < 4.78 is 5.96. The van der Waals surface area contributed by atoms with E-state index in [0.717, 1.165) is 16.9 Å². The monoisotopic (exact) mass is 390 g/mol. The first kappa shape index (κ1) is 18.1. The zero-order valence-electron chi connectivity index (χ0n) is 16.2. The summed E-state index contributed by atoms with van der Waals surface area (Å²) in [5.41, 5.74) is 3.07. The van der Waals surface area contributed by atoms with Crippen LogP contribution in [-0.4, -0.2) is 11.6 Å². The Labute approximate surface area is 174 Å². The lowest BCUT2D eigenvalue weighted by Crippen LogP contribution is -2.00. The highest BCUT2D eigenvalue weighted by Gasteiger charge is 2.32. The lowest BCUT2D eigenvalue weighted by molar-refractivity contribution is 0.0990. The molecule has 0 unspecified atom stereocenters. The summed E-state index contributed by atoms with van der Waals surface area (Å²) >= 11 is 0. The van der Waals surface area contributed by atoms with Crippen LogP contribution >= 0.6 is 0 Å². The molecule has 4 aromatic rings. The number of carbonyl (C=O) groups is 2. The molecule has 0 N–H and O–H groups in total. The average Bonchev–Trinajstić information content (AvgIpc) is 3.03. The van der Waals surface area contributed by atoms with Gasteiger partial charge in [-0.3, -0.25) is 9.59 Å². The maximum absolute atomic E-state index is 12.5. The van der Waals surface area contributed by atoms with Crippen LogP contribution in [0.5, 0.6) is 5.75 Å². The molecule has 30 heavy (non-hydrogen) atoms. The van der Waals surface area contributed by atoms with Crippen molar-refractivity contribution in [3.05, 3.63) is 119 Å². The molecule has 0 aromatic heterocycles. The minimum atomic E-state index is -0.216. The Bertz CT molecular complexity index is 1270. The van der Waals surface area contributed by atoms with Crippen molar-refractivity contribution in [2.45, 2.75) is 6.61 Å². The van der Waals surface area contributed by atoms with Crippen LogP contribution in [0.15, 0.2) is 96.6 Å². The van der Waals surface area contributed by atoms with Crippen LogP contribution < -0.4 is 4.74 Å². The number of hydrogen-bond acceptors (Lipinski definition) is 3. The van der Waals surface area contributed by atoms with Gasteiger partial charge in [0.25, 0.3) is 0 Å². The van der Waals surface area contributed by atoms with Gasteiger partial charge in [-0.15, -0.1) is 0 Å². The van der Waals surface area contributed by atoms with Gasteiger partial charge in [0.1, 0.15) is 12.4 Å². The van der Waals surface area contributed by atoms with Crippen molar-refractivity contribution < 1.29 is 14.3 Å². The second kappa shape index (κ2) is 7.45. The Balaban J connectivity index is 1.33. The zero-order chi connectivity index (χ0) is 20.5. The van der Waals surface area contributed by atoms with Crippen molar-refractivity contribution in [3.63, 3.8) is 0 Å². The molecule has 5 rings (SSSR count). The molecule has 0 radical (unpaired) electrons. The summed E-state index contributed by atoms with van der Waals surface area (Å²) in [4.78, 5) is 25.1. The molecule has 1 aliphatic carbocycles. The number of allylic oxidation sites excluding steroid dienone is 1. The third-order valence-electron chi connectivity index (χ3n) is 5.37. The van der Waals surface area contributed by atoms with Crippen LogP contribution in [-0.2, 0) is 6.61 Å². The molecule has 0 heterocycles. The molecular formula is C27H18O3. The van der Waals surface area contributed by atoms with Crippen LogP contribution in [0.1, 0.15) is 31.8 Å². The number of rotatable bonds is 4. The fourth-order valence-corrected chi connectivity index (χ4v) is 3.81. The van der Waals surface area contributed by atoms with Crippen molar-refractivity contribution in [1.29, 1.82) is 0 Å². The van der Waals surface area contributed by atoms with E-state index in [1.165, 1.54) is 10.8 Å². The lowest BCUT2D eigenvalue weighted by atomic mass is 10.1. The number of ketones is 2. The Morgan fingerprint density at radius 1 is 0.667 bits per heavy atom. The molecule has 3 nitrogen and oxygen atoms in total. The van der Waals surface area contributed by atoms with Gasteiger partial charge < -0.3 is 4.74 Å². The molecule has 3 heteroatoms. The molecular weight excluding hydrogens is 372 g/mol. The van der Waals surface area contributed by atoms with E-state index in [9.17, 15) is 9.59 Å². The van der Waals surface area contributed by atoms with Gasteiger partial charge in [-0.2, -0.15) is 0 Å². The van der Waals surface area contributed by atoms with Gasteiger partial charge >= 0.3 is 0 Å². The van der Waals surface area contributed by atoms with Crippen LogP contribution in [0.2, 0.25) is 0 Å². The van der Waals surface area contributed by atoms with E-state index in [-0.39, 0.29) is 17.1 Å². The second-order valence-electron chi connectivity index (χ2n) is 7.26. The average molecular weight is 390 g/mol. The van der Waals surface area contributed by atoms with Crippen LogP contribution in [0.3, 0.4) is 0 Å². The molecule has 0 saturated heterocycles. The predicted octanol–water partition coefficient (Wildman–Crippen LogP) is 5.88. The topological polar surface area (TPSA) is 43.4 Å². The molecule has 144 valence electrons. The number of ether oxygens (including phenoxy) is 1. The van der Waals surface area contributed by atoms with E-state index >= 15 is 0 Å². The summed E-state index contributed by atoms with van der Waals surface area (Å²) in [6.07, 6.45) is 1.65. The van der Waals surface area contributed by atoms with Crippen LogP contribution in [0, 0.1) is 0 Å². The Kier molecular flexibility index (Phi) is 4.49. The Morgan fingerprint density at radius 3 is 2.03 bits per heavy atom. The van der Waals surface area contributed by atoms with Crippen molar-refractivity contribution in [1.82, 2.24) is 0 Å². The Morgan fingerprint density at radius 2 is 1.30 bits per heavy atom. The third-order valence-corrected chi connectivity index (χ3v) is 5.37. The molecule has 0 aliphatic heterocycles. The maximum Gasteiger partial charge on any atom is 0.197 e. The van der Waals surface area contributed by atoms with Crippen LogP contribution in [0.4, 0.5) is 0 Å². The summed E-state index contributed by atoms with van der Waals surface area (Å²) in [5.74, 6) is 0.302. The summed E-state index contributed by atoms with van der Waals surface area (Å²) in [6, 6.07) is 28.8. The molecule has 0 spiro atoms. The molecule has 4 aromatic carbocycles. The quantitative estimate of drug-likeness (QED) is 0.323. The minimum Gasteiger partial charge on any atom is -0.489 e. The molecule has 0 fully saturated rings. The van der Waals surface area contributed by atoms with Gasteiger partial charge in [0.15, 0.2) is 11.6 Å². The summed E-state index contributed by atoms with van der Waals surface area (Å²) in [7, 11) is 0. The fourth-order valence-electron chi connectivity index (χ4n) is 3.81. The number of hydrogen-bond donors (Lipinski definition) is 0. The third kappa shape index (κ3) is 3.20. The smallest absolute Gasteiger partial charge is 0.197 e. The highest BCUT2D eigenvalue weighted by Crippen LogP contribution is 2.28. The van der Waals surface area contributed by atoms with E-state index in [4.69, 9.17) is 4.74 Å². The van der Waals surface area contributed by atoms with Crippen molar-refractivity contribution in [2.24, 2.45) is 0 Å². The largest absolute Gasteiger partial charge is 0.489 e. The van der Waals surface area contributed by atoms with Gasteiger partial charge in [0, 0.05) is 11.1 Å². The molecule has 0 atom stereocenters. The number of Topliss-reactive ketones (excluding diaryl/α,β-unsaturated/α-hetero) is 2. The second-order valence-corrected chi connectivity index (χ2v) is 7.26. The van der Waals surface area contributed by atoms with E-state index < -0.39 is 0 Å². The van der Waals surface area contributed by atoms with E-state index in [1.807, 2.05) is 42.5 Å². The molecule has 0 saturated carbocycles. The normalized spacial score (nSPS) is 12.9. The molecule has 0 amide bonds. The van der Waals surface area contributed by atoms with Crippen molar-refractivity contribution in [3.8, 4) is 5.75 Å². The van der Waals surface area contributed by atoms with E-state index in [1.54, 1.807) is 30.3 Å². The first-order valence-corrected chi connectivity index (χ1v) is 9.80. The molecule has 1 aliphatic rings. The predicted molar refractivity (Wildman–Crippen MR) is 118 cm³/mol. The van der Waals surface area contributed by atoms with Gasteiger partial charge in [-0.25, -0.2) is 0 Å². The highest BCUT2D eigenvalue weighted by molar-refractivity contribution is 6.41. The lowest BCUT2D eigenvalue weighted by Gasteiger charge is -2.09. The Hall–Kier alpha value is -3.98. The van der Waals surface area contributed by atoms with Gasteiger partial charge in [-0.05, 0) is 40.1 Å². The highest BCUT2D eigenvalue weighted by atomic mass is 16.5. The minimum absolute atomic E-state index is 0.209. The first-order chi connectivity index (χ1) is 14.7. The fraction of sp³-hybridized carbons (Fsp3) is 0.0370. The van der Waals surface area contributed by atoms with Gasteiger partial charge in [0.2, 0.25) is 0 Å².